The molecule has 1 aromatic heterocycles. The molecule has 0 amide bonds. The normalized spacial score (nSPS) is 16.0. The van der Waals surface area contributed by atoms with Crippen molar-refractivity contribution in [2.24, 2.45) is 0 Å². The highest BCUT2D eigenvalue weighted by molar-refractivity contribution is 7.71. The highest BCUT2D eigenvalue weighted by atomic mass is 32.1. The predicted octanol–water partition coefficient (Wildman–Crippen LogP) is 2.18. The Balaban J connectivity index is 2.53. The molecule has 4 nitrogen and oxygen atoms in total. The summed E-state index contributed by atoms with van der Waals surface area (Å²) in [6.07, 6.45) is 2.41. The Kier molecular flexibility index (Phi) is 5.24. The first-order valence-electron chi connectivity index (χ1n) is 7.77. The Morgan fingerprint density at radius 1 is 1.45 bits per heavy atom. The predicted molar refractivity (Wildman–Crippen MR) is 92.9 cm³/mol. The summed E-state index contributed by atoms with van der Waals surface area (Å²) in [5, 5.41) is 11.3. The molecule has 0 fully saturated rings. The Bertz CT molecular complexity index is 634. The van der Waals surface area contributed by atoms with E-state index in [1.807, 2.05) is 0 Å². The van der Waals surface area contributed by atoms with Crippen LogP contribution >= 0.6 is 12.2 Å². The van der Waals surface area contributed by atoms with E-state index in [4.69, 9.17) is 12.2 Å². The molecule has 1 N–H and O–H groups in total. The Hall–Kier alpha value is -0.983. The maximum absolute atomic E-state index is 11.5. The van der Waals surface area contributed by atoms with Crippen molar-refractivity contribution in [3.8, 4) is 0 Å². The van der Waals surface area contributed by atoms with E-state index in [-0.39, 0.29) is 0 Å². The van der Waals surface area contributed by atoms with Gasteiger partial charge in [-0.15, -0.1) is 0 Å². The molecule has 1 unspecified atom stereocenters. The first-order valence-corrected chi connectivity index (χ1v) is 11.7. The first kappa shape index (κ1) is 17.4. The average Bonchev–Trinajstić information content (AvgIpc) is 2.48. The highest BCUT2D eigenvalue weighted by Crippen LogP contribution is 2.22. The van der Waals surface area contributed by atoms with Gasteiger partial charge in [-0.05, 0) is 30.0 Å². The zero-order chi connectivity index (χ0) is 16.5. The van der Waals surface area contributed by atoms with Gasteiger partial charge in [-0.1, -0.05) is 37.9 Å². The van der Waals surface area contributed by atoms with E-state index in [0.29, 0.717) is 6.42 Å². The van der Waals surface area contributed by atoms with Gasteiger partial charge in [0.05, 0.1) is 15.2 Å². The Labute approximate surface area is 138 Å². The van der Waals surface area contributed by atoms with Gasteiger partial charge in [0, 0.05) is 18.7 Å². The fourth-order valence-electron chi connectivity index (χ4n) is 3.00. The zero-order valence-electron chi connectivity index (χ0n) is 13.8. The van der Waals surface area contributed by atoms with Crippen LogP contribution in [0.1, 0.15) is 24.1 Å². The lowest BCUT2D eigenvalue weighted by Crippen LogP contribution is -2.42. The summed E-state index contributed by atoms with van der Waals surface area (Å²) in [6.45, 7) is 7.76. The molecule has 1 aliphatic rings. The fraction of sp³-hybridized carbons (Fsp3) is 0.625. The Morgan fingerprint density at radius 3 is 2.73 bits per heavy atom. The summed E-state index contributed by atoms with van der Waals surface area (Å²) in [5.74, 6) is -0.577. The van der Waals surface area contributed by atoms with Gasteiger partial charge in [-0.3, -0.25) is 0 Å². The van der Waals surface area contributed by atoms with Gasteiger partial charge >= 0.3 is 5.97 Å². The molecule has 0 bridgehead atoms. The van der Waals surface area contributed by atoms with Gasteiger partial charge in [-0.2, -0.15) is 0 Å². The summed E-state index contributed by atoms with van der Waals surface area (Å²) >= 11 is 5.72. The second kappa shape index (κ2) is 6.64. The van der Waals surface area contributed by atoms with Crippen molar-refractivity contribution in [3.63, 3.8) is 0 Å². The van der Waals surface area contributed by atoms with Crippen LogP contribution in [0, 0.1) is 4.64 Å². The lowest BCUT2D eigenvalue weighted by atomic mass is 9.99. The topological polar surface area (TPSA) is 51.5 Å². The number of pyridine rings is 1. The van der Waals surface area contributed by atoms with Crippen molar-refractivity contribution in [2.75, 3.05) is 7.11 Å². The maximum Gasteiger partial charge on any atom is 0.335 e. The standard InChI is InChI=1S/C16H25NO3SSi/c1-20-16(19)13(18)9-11-10-14(22(2,3)4)15(21)17-8-6-5-7-12(11)17/h10,13,18H,5-9H2,1-4H3. The number of carbonyl (C=O) groups excluding carboxylic acids is 1. The molecule has 0 aliphatic carbocycles. The van der Waals surface area contributed by atoms with E-state index < -0.39 is 20.1 Å². The minimum absolute atomic E-state index is 0.301. The number of aromatic nitrogens is 1. The first-order chi connectivity index (χ1) is 10.3. The van der Waals surface area contributed by atoms with E-state index in [2.05, 4.69) is 35.0 Å². The molecule has 0 saturated carbocycles. The number of nitrogens with zero attached hydrogens (tertiary/aromatic N) is 1. The quantitative estimate of drug-likeness (QED) is 0.519. The SMILES string of the molecule is COC(=O)C(O)Cc1cc([Si](C)(C)C)c(=S)n2c1CCCC2. The average molecular weight is 340 g/mol. The second-order valence-corrected chi connectivity index (χ2v) is 12.4. The maximum atomic E-state index is 11.5. The van der Waals surface area contributed by atoms with Crippen LogP contribution in [0.4, 0.5) is 0 Å². The summed E-state index contributed by atoms with van der Waals surface area (Å²) in [5.41, 5.74) is 2.23. The van der Waals surface area contributed by atoms with Crippen LogP contribution in [0.25, 0.3) is 0 Å². The molecule has 0 spiro atoms. The zero-order valence-corrected chi connectivity index (χ0v) is 15.6. The van der Waals surface area contributed by atoms with Crippen molar-refractivity contribution in [1.29, 1.82) is 0 Å². The number of rotatable bonds is 4. The lowest BCUT2D eigenvalue weighted by Gasteiger charge is -2.28. The summed E-state index contributed by atoms with van der Waals surface area (Å²) in [4.78, 5) is 11.5. The summed E-state index contributed by atoms with van der Waals surface area (Å²) in [7, 11) is -0.277. The van der Waals surface area contributed by atoms with Gasteiger partial charge in [0.2, 0.25) is 0 Å². The number of hydrogen-bond donors (Lipinski definition) is 1. The Morgan fingerprint density at radius 2 is 2.14 bits per heavy atom. The number of ether oxygens (including phenoxy) is 1. The van der Waals surface area contributed by atoms with E-state index in [1.165, 1.54) is 18.0 Å². The van der Waals surface area contributed by atoms with Gasteiger partial charge in [0.25, 0.3) is 0 Å². The van der Waals surface area contributed by atoms with E-state index >= 15 is 0 Å². The number of methoxy groups -OCH3 is 1. The number of aliphatic hydroxyl groups excluding tert-OH is 1. The van der Waals surface area contributed by atoms with Crippen LogP contribution in [-0.4, -0.2) is 36.9 Å². The molecule has 2 heterocycles. The second-order valence-electron chi connectivity index (χ2n) is 6.94. The lowest BCUT2D eigenvalue weighted by molar-refractivity contribution is -0.150. The van der Waals surface area contributed by atoms with Gasteiger partial charge in [0.15, 0.2) is 6.10 Å². The molecular formula is C16H25NO3SSi. The summed E-state index contributed by atoms with van der Waals surface area (Å²) < 4.78 is 7.82. The molecule has 1 aliphatic heterocycles. The van der Waals surface area contributed by atoms with Crippen molar-refractivity contribution in [3.05, 3.63) is 22.0 Å². The van der Waals surface area contributed by atoms with Crippen LogP contribution < -0.4 is 5.19 Å². The molecule has 1 aromatic rings. The van der Waals surface area contributed by atoms with Crippen LogP contribution in [-0.2, 0) is 28.9 Å². The minimum Gasteiger partial charge on any atom is -0.467 e. The molecule has 2 rings (SSSR count). The third-order valence-corrected chi connectivity index (χ3v) is 6.85. The summed E-state index contributed by atoms with van der Waals surface area (Å²) in [6, 6.07) is 2.14. The smallest absolute Gasteiger partial charge is 0.335 e. The fourth-order valence-corrected chi connectivity index (χ4v) is 5.56. The van der Waals surface area contributed by atoms with Gasteiger partial charge in [-0.25, -0.2) is 4.79 Å². The third-order valence-electron chi connectivity index (χ3n) is 4.23. The monoisotopic (exact) mass is 339 g/mol. The van der Waals surface area contributed by atoms with E-state index in [1.54, 1.807) is 0 Å². The molecule has 22 heavy (non-hydrogen) atoms. The third kappa shape index (κ3) is 3.50. The number of hydrogen-bond acceptors (Lipinski definition) is 4. The van der Waals surface area contributed by atoms with Crippen LogP contribution in [0.5, 0.6) is 0 Å². The molecule has 0 aromatic carbocycles. The number of fused-ring (bicyclic) bond motifs is 1. The van der Waals surface area contributed by atoms with Crippen molar-refractivity contribution >= 4 is 31.4 Å². The van der Waals surface area contributed by atoms with E-state index in [0.717, 1.165) is 36.0 Å². The van der Waals surface area contributed by atoms with Crippen molar-refractivity contribution in [2.45, 2.75) is 58.0 Å². The molecule has 1 atom stereocenters. The molecule has 0 radical (unpaired) electrons. The van der Waals surface area contributed by atoms with Gasteiger partial charge < -0.3 is 14.4 Å². The highest BCUT2D eigenvalue weighted by Gasteiger charge is 2.26. The number of aliphatic hydroxyl groups is 1. The van der Waals surface area contributed by atoms with Crippen molar-refractivity contribution in [1.82, 2.24) is 4.57 Å². The number of carbonyl (C=O) groups is 1. The molecular weight excluding hydrogens is 314 g/mol. The number of esters is 1. The van der Waals surface area contributed by atoms with Crippen LogP contribution in [0.3, 0.4) is 0 Å². The van der Waals surface area contributed by atoms with Gasteiger partial charge in [0.1, 0.15) is 4.64 Å². The largest absolute Gasteiger partial charge is 0.467 e. The molecule has 122 valence electrons. The van der Waals surface area contributed by atoms with Crippen LogP contribution in [0.2, 0.25) is 19.6 Å². The minimum atomic E-state index is -1.58. The van der Waals surface area contributed by atoms with Crippen LogP contribution in [0.15, 0.2) is 6.07 Å². The molecule has 6 heteroatoms. The van der Waals surface area contributed by atoms with E-state index in [9.17, 15) is 9.90 Å². The molecule has 0 saturated heterocycles. The van der Waals surface area contributed by atoms with Crippen molar-refractivity contribution < 1.29 is 14.6 Å².